The van der Waals surface area contributed by atoms with Crippen molar-refractivity contribution < 1.29 is 18.9 Å². The summed E-state index contributed by atoms with van der Waals surface area (Å²) in [5.41, 5.74) is 0. The zero-order chi connectivity index (χ0) is 9.07. The fourth-order valence-electron chi connectivity index (χ4n) is 0.693. The van der Waals surface area contributed by atoms with Crippen LogP contribution in [0.1, 0.15) is 12.8 Å². The van der Waals surface area contributed by atoms with Gasteiger partial charge in [-0.1, -0.05) is 0 Å². The molecule has 0 rings (SSSR count). The molecule has 0 atom stereocenters. The van der Waals surface area contributed by atoms with E-state index in [0.29, 0.717) is 13.6 Å². The Morgan fingerprint density at radius 3 is 1.50 bits per heavy atom. The smallest absolute Gasteiger partial charge is 0.146 e. The van der Waals surface area contributed by atoms with Crippen LogP contribution in [0, 0.1) is 0 Å². The molecule has 0 aromatic carbocycles. The minimum Gasteiger partial charge on any atom is -0.359 e. The molecule has 74 valence electrons. The van der Waals surface area contributed by atoms with Gasteiger partial charge in [0.1, 0.15) is 13.6 Å². The minimum absolute atomic E-state index is 0.374. The van der Waals surface area contributed by atoms with E-state index in [9.17, 15) is 0 Å². The topological polar surface area (TPSA) is 36.9 Å². The van der Waals surface area contributed by atoms with Crippen LogP contribution in [-0.2, 0) is 18.9 Å². The third-order valence-corrected chi connectivity index (χ3v) is 1.23. The number of hydrogen-bond donors (Lipinski definition) is 0. The van der Waals surface area contributed by atoms with Gasteiger partial charge in [-0.05, 0) is 12.8 Å². The van der Waals surface area contributed by atoms with Crippen LogP contribution in [-0.4, -0.2) is 41.0 Å². The highest BCUT2D eigenvalue weighted by Crippen LogP contribution is 1.91. The van der Waals surface area contributed by atoms with Gasteiger partial charge in [-0.3, -0.25) is 0 Å². The number of unbranched alkanes of at least 4 members (excludes halogenated alkanes) is 1. The van der Waals surface area contributed by atoms with Gasteiger partial charge in [-0.15, -0.1) is 0 Å². The van der Waals surface area contributed by atoms with Crippen molar-refractivity contribution in [3.63, 3.8) is 0 Å². The van der Waals surface area contributed by atoms with Crippen LogP contribution in [0.15, 0.2) is 0 Å². The Morgan fingerprint density at radius 2 is 1.17 bits per heavy atom. The van der Waals surface area contributed by atoms with E-state index in [-0.39, 0.29) is 0 Å². The average molecular weight is 178 g/mol. The highest BCUT2D eigenvalue weighted by molar-refractivity contribution is 4.35. The Kier molecular flexibility index (Phi) is 10.7. The first-order chi connectivity index (χ1) is 5.91. The van der Waals surface area contributed by atoms with E-state index in [2.05, 4.69) is 0 Å². The summed E-state index contributed by atoms with van der Waals surface area (Å²) in [5.74, 6) is 0. The molecule has 0 bridgehead atoms. The second kappa shape index (κ2) is 10.8. The van der Waals surface area contributed by atoms with Gasteiger partial charge in [0.15, 0.2) is 0 Å². The Labute approximate surface area is 73.7 Å². The highest BCUT2D eigenvalue weighted by Gasteiger charge is 1.89. The van der Waals surface area contributed by atoms with Gasteiger partial charge in [0, 0.05) is 27.4 Å². The van der Waals surface area contributed by atoms with E-state index in [1.54, 1.807) is 14.2 Å². The lowest BCUT2D eigenvalue weighted by Crippen LogP contribution is -2.02. The van der Waals surface area contributed by atoms with Crippen molar-refractivity contribution in [2.75, 3.05) is 41.0 Å². The molecule has 0 aliphatic carbocycles. The molecule has 0 aromatic rings. The van der Waals surface area contributed by atoms with Crippen molar-refractivity contribution in [3.05, 3.63) is 0 Å². The van der Waals surface area contributed by atoms with E-state index in [1.807, 2.05) is 0 Å². The Balaban J connectivity index is 2.73. The van der Waals surface area contributed by atoms with E-state index in [0.717, 1.165) is 26.1 Å². The third-order valence-electron chi connectivity index (χ3n) is 1.23. The van der Waals surface area contributed by atoms with Crippen molar-refractivity contribution in [2.24, 2.45) is 0 Å². The minimum atomic E-state index is 0.374. The summed E-state index contributed by atoms with van der Waals surface area (Å²) in [6.45, 7) is 2.20. The Morgan fingerprint density at radius 1 is 0.750 bits per heavy atom. The van der Waals surface area contributed by atoms with Gasteiger partial charge < -0.3 is 18.9 Å². The summed E-state index contributed by atoms with van der Waals surface area (Å²) in [4.78, 5) is 0. The van der Waals surface area contributed by atoms with Crippen molar-refractivity contribution in [3.8, 4) is 0 Å². The van der Waals surface area contributed by atoms with Crippen LogP contribution in [0.25, 0.3) is 0 Å². The van der Waals surface area contributed by atoms with Gasteiger partial charge in [-0.25, -0.2) is 0 Å². The summed E-state index contributed by atoms with van der Waals surface area (Å²) >= 11 is 0. The molecule has 0 fully saturated rings. The molecule has 0 amide bonds. The second-order valence-electron chi connectivity index (χ2n) is 2.34. The monoisotopic (exact) mass is 178 g/mol. The molecule has 0 N–H and O–H groups in total. The van der Waals surface area contributed by atoms with E-state index >= 15 is 0 Å². The standard InChI is InChI=1S/C8H18O4/c1-9-7-11-5-3-4-6-12-8-10-2/h3-8H2,1-2H3. The molecule has 0 aliphatic rings. The second-order valence-corrected chi connectivity index (χ2v) is 2.34. The lowest BCUT2D eigenvalue weighted by atomic mass is 10.3. The van der Waals surface area contributed by atoms with Crippen LogP contribution >= 0.6 is 0 Å². The first-order valence-corrected chi connectivity index (χ1v) is 4.05. The fraction of sp³-hybridized carbons (Fsp3) is 1.00. The molecular formula is C8H18O4. The number of methoxy groups -OCH3 is 2. The third kappa shape index (κ3) is 9.84. The van der Waals surface area contributed by atoms with Gasteiger partial charge in [0.05, 0.1) is 0 Å². The summed E-state index contributed by atoms with van der Waals surface area (Å²) in [6.07, 6.45) is 1.99. The maximum absolute atomic E-state index is 5.08. The summed E-state index contributed by atoms with van der Waals surface area (Å²) < 4.78 is 19.6. The predicted molar refractivity (Wildman–Crippen MR) is 44.9 cm³/mol. The molecule has 0 spiro atoms. The predicted octanol–water partition coefficient (Wildman–Crippen LogP) is 1.01. The maximum atomic E-state index is 5.08. The van der Waals surface area contributed by atoms with Crippen LogP contribution in [0.4, 0.5) is 0 Å². The molecule has 0 aliphatic heterocycles. The molecule has 4 nitrogen and oxygen atoms in total. The summed E-state index contributed by atoms with van der Waals surface area (Å²) in [5, 5.41) is 0. The van der Waals surface area contributed by atoms with Crippen LogP contribution < -0.4 is 0 Å². The number of hydrogen-bond acceptors (Lipinski definition) is 4. The highest BCUT2D eigenvalue weighted by atomic mass is 16.7. The molecular weight excluding hydrogens is 160 g/mol. The van der Waals surface area contributed by atoms with Crippen molar-refractivity contribution in [2.45, 2.75) is 12.8 Å². The Hall–Kier alpha value is -0.160. The first kappa shape index (κ1) is 11.8. The average Bonchev–Trinajstić information content (AvgIpc) is 2.10. The largest absolute Gasteiger partial charge is 0.359 e. The zero-order valence-corrected chi connectivity index (χ0v) is 7.88. The zero-order valence-electron chi connectivity index (χ0n) is 7.88. The van der Waals surface area contributed by atoms with Crippen LogP contribution in [0.3, 0.4) is 0 Å². The molecule has 0 saturated heterocycles. The molecule has 0 saturated carbocycles. The Bertz CT molecular complexity index is 67.5. The molecule has 0 aromatic heterocycles. The first-order valence-electron chi connectivity index (χ1n) is 4.05. The van der Waals surface area contributed by atoms with Crippen molar-refractivity contribution >= 4 is 0 Å². The SMILES string of the molecule is COCOCCCCOCOC. The molecule has 4 heteroatoms. The van der Waals surface area contributed by atoms with E-state index in [4.69, 9.17) is 18.9 Å². The van der Waals surface area contributed by atoms with Gasteiger partial charge >= 0.3 is 0 Å². The lowest BCUT2D eigenvalue weighted by Gasteiger charge is -2.03. The van der Waals surface area contributed by atoms with E-state index < -0.39 is 0 Å². The molecule has 0 radical (unpaired) electrons. The summed E-state index contributed by atoms with van der Waals surface area (Å²) in [7, 11) is 3.23. The normalized spacial score (nSPS) is 10.5. The van der Waals surface area contributed by atoms with Crippen LogP contribution in [0.2, 0.25) is 0 Å². The van der Waals surface area contributed by atoms with Gasteiger partial charge in [0.25, 0.3) is 0 Å². The lowest BCUT2D eigenvalue weighted by molar-refractivity contribution is -0.0442. The van der Waals surface area contributed by atoms with Gasteiger partial charge in [0.2, 0.25) is 0 Å². The quantitative estimate of drug-likeness (QED) is 0.390. The molecule has 12 heavy (non-hydrogen) atoms. The molecule has 0 unspecified atom stereocenters. The summed E-state index contributed by atoms with van der Waals surface area (Å²) in [6, 6.07) is 0. The van der Waals surface area contributed by atoms with Crippen molar-refractivity contribution in [1.29, 1.82) is 0 Å². The van der Waals surface area contributed by atoms with Gasteiger partial charge in [-0.2, -0.15) is 0 Å². The van der Waals surface area contributed by atoms with Crippen molar-refractivity contribution in [1.82, 2.24) is 0 Å². The number of rotatable bonds is 9. The van der Waals surface area contributed by atoms with Crippen LogP contribution in [0.5, 0.6) is 0 Å². The molecule has 0 heterocycles. The fourth-order valence-corrected chi connectivity index (χ4v) is 0.693. The number of ether oxygens (including phenoxy) is 4. The van der Waals surface area contributed by atoms with E-state index in [1.165, 1.54) is 0 Å². The maximum Gasteiger partial charge on any atom is 0.146 e.